The van der Waals surface area contributed by atoms with E-state index >= 15 is 0 Å². The highest BCUT2D eigenvalue weighted by molar-refractivity contribution is 7.98. The fourth-order valence-corrected chi connectivity index (χ4v) is 5.08. The fourth-order valence-electron chi connectivity index (χ4n) is 4.62. The summed E-state index contributed by atoms with van der Waals surface area (Å²) in [7, 11) is 0. The molecule has 1 amide bonds. The van der Waals surface area contributed by atoms with Crippen molar-refractivity contribution < 1.29 is 4.79 Å². The van der Waals surface area contributed by atoms with Crippen molar-refractivity contribution >= 4 is 40.3 Å². The Hall–Kier alpha value is -3.65. The molecule has 0 spiro atoms. The smallest absolute Gasteiger partial charge is 0.295 e. The Balaban J connectivity index is 1.43. The third-order valence-electron chi connectivity index (χ3n) is 6.57. The highest BCUT2D eigenvalue weighted by atomic mass is 32.2. The van der Waals surface area contributed by atoms with Gasteiger partial charge in [0.15, 0.2) is 11.5 Å². The summed E-state index contributed by atoms with van der Waals surface area (Å²) in [5.74, 6) is 0.123. The summed E-state index contributed by atoms with van der Waals surface area (Å²) in [6.45, 7) is 3.59. The second kappa shape index (κ2) is 10.5. The summed E-state index contributed by atoms with van der Waals surface area (Å²) in [5, 5.41) is 3.06. The van der Waals surface area contributed by atoms with Gasteiger partial charge in [-0.05, 0) is 61.9 Å². The van der Waals surface area contributed by atoms with E-state index < -0.39 is 0 Å². The SMILES string of the molecule is CSc1cccc(NC(=O)[C@@H]2CCCN(c3nc4cccnc4n(Cc4ccc(C)cc4)c3=O)C2)c1. The van der Waals surface area contributed by atoms with Crippen molar-refractivity contribution in [2.75, 3.05) is 29.6 Å². The number of benzene rings is 2. The molecule has 4 aromatic rings. The van der Waals surface area contributed by atoms with E-state index in [1.807, 2.05) is 78.7 Å². The third kappa shape index (κ3) is 5.14. The summed E-state index contributed by atoms with van der Waals surface area (Å²) in [5.41, 5.74) is 4.03. The van der Waals surface area contributed by atoms with E-state index in [-0.39, 0.29) is 17.4 Å². The lowest BCUT2D eigenvalue weighted by Crippen LogP contribution is -2.44. The zero-order valence-electron chi connectivity index (χ0n) is 20.5. The number of carbonyl (C=O) groups is 1. The number of rotatable bonds is 6. The molecule has 1 N–H and O–H groups in total. The van der Waals surface area contributed by atoms with E-state index in [0.29, 0.717) is 36.6 Å². The molecule has 7 nitrogen and oxygen atoms in total. The van der Waals surface area contributed by atoms with Crippen molar-refractivity contribution in [2.24, 2.45) is 5.92 Å². The van der Waals surface area contributed by atoms with Gasteiger partial charge in [-0.15, -0.1) is 11.8 Å². The minimum atomic E-state index is -0.229. The van der Waals surface area contributed by atoms with Crippen LogP contribution in [0.4, 0.5) is 11.5 Å². The van der Waals surface area contributed by atoms with Crippen molar-refractivity contribution in [3.63, 3.8) is 0 Å². The predicted octanol–water partition coefficient (Wildman–Crippen LogP) is 4.73. The highest BCUT2D eigenvalue weighted by Crippen LogP contribution is 2.24. The molecule has 1 saturated heterocycles. The first-order valence-electron chi connectivity index (χ1n) is 12.1. The van der Waals surface area contributed by atoms with Crippen LogP contribution in [0, 0.1) is 12.8 Å². The molecule has 184 valence electrons. The van der Waals surface area contributed by atoms with Crippen LogP contribution in [0.2, 0.25) is 0 Å². The summed E-state index contributed by atoms with van der Waals surface area (Å²) in [6, 6.07) is 19.7. The Morgan fingerprint density at radius 1 is 1.14 bits per heavy atom. The molecule has 0 bridgehead atoms. The van der Waals surface area contributed by atoms with Crippen molar-refractivity contribution in [3.05, 3.63) is 88.3 Å². The maximum atomic E-state index is 13.7. The molecule has 36 heavy (non-hydrogen) atoms. The van der Waals surface area contributed by atoms with Gasteiger partial charge >= 0.3 is 0 Å². The average molecular weight is 500 g/mol. The van der Waals surface area contributed by atoms with Gasteiger partial charge in [0, 0.05) is 29.9 Å². The van der Waals surface area contributed by atoms with Gasteiger partial charge in [-0.25, -0.2) is 9.97 Å². The summed E-state index contributed by atoms with van der Waals surface area (Å²) in [6.07, 6.45) is 5.28. The summed E-state index contributed by atoms with van der Waals surface area (Å²) < 4.78 is 1.69. The van der Waals surface area contributed by atoms with E-state index in [1.165, 1.54) is 5.56 Å². The Kier molecular flexibility index (Phi) is 7.04. The fraction of sp³-hybridized carbons (Fsp3) is 0.286. The predicted molar refractivity (Wildman–Crippen MR) is 146 cm³/mol. The zero-order valence-corrected chi connectivity index (χ0v) is 21.3. The topological polar surface area (TPSA) is 80.1 Å². The molecule has 2 aromatic heterocycles. The van der Waals surface area contributed by atoms with Crippen LogP contribution in [-0.4, -0.2) is 39.8 Å². The maximum Gasteiger partial charge on any atom is 0.295 e. The quantitative estimate of drug-likeness (QED) is 0.387. The number of carbonyl (C=O) groups excluding carboxylic acids is 1. The van der Waals surface area contributed by atoms with Gasteiger partial charge in [0.05, 0.1) is 12.5 Å². The Morgan fingerprint density at radius 3 is 2.78 bits per heavy atom. The summed E-state index contributed by atoms with van der Waals surface area (Å²) in [4.78, 5) is 39.1. The Bertz CT molecular complexity index is 1450. The molecular weight excluding hydrogens is 470 g/mol. The van der Waals surface area contributed by atoms with Crippen molar-refractivity contribution in [1.29, 1.82) is 0 Å². The second-order valence-corrected chi connectivity index (χ2v) is 10.0. The highest BCUT2D eigenvalue weighted by Gasteiger charge is 2.29. The van der Waals surface area contributed by atoms with Crippen LogP contribution in [0.25, 0.3) is 11.2 Å². The minimum absolute atomic E-state index is 0.0274. The van der Waals surface area contributed by atoms with Gasteiger partial charge in [0.1, 0.15) is 5.52 Å². The Morgan fingerprint density at radius 2 is 1.97 bits per heavy atom. The van der Waals surface area contributed by atoms with Gasteiger partial charge in [-0.1, -0.05) is 35.9 Å². The first-order valence-corrected chi connectivity index (χ1v) is 13.4. The Labute approximate surface area is 214 Å². The molecule has 2 aromatic carbocycles. The van der Waals surface area contributed by atoms with Crippen molar-refractivity contribution in [2.45, 2.75) is 31.2 Å². The molecule has 3 heterocycles. The molecule has 0 aliphatic carbocycles. The van der Waals surface area contributed by atoms with Crippen LogP contribution in [0.1, 0.15) is 24.0 Å². The van der Waals surface area contributed by atoms with E-state index in [4.69, 9.17) is 4.98 Å². The van der Waals surface area contributed by atoms with Crippen LogP contribution in [-0.2, 0) is 11.3 Å². The average Bonchev–Trinajstić information content (AvgIpc) is 2.91. The summed E-state index contributed by atoms with van der Waals surface area (Å²) >= 11 is 1.64. The number of aryl methyl sites for hydroxylation is 1. The lowest BCUT2D eigenvalue weighted by Gasteiger charge is -2.32. The molecule has 1 aliphatic rings. The number of nitrogens with one attached hydrogen (secondary N) is 1. The molecule has 8 heteroatoms. The number of nitrogens with zero attached hydrogens (tertiary/aromatic N) is 4. The molecule has 0 radical (unpaired) electrons. The van der Waals surface area contributed by atoms with Gasteiger partial charge in [-0.2, -0.15) is 0 Å². The molecule has 5 rings (SSSR count). The van der Waals surface area contributed by atoms with Gasteiger partial charge in [0.25, 0.3) is 5.56 Å². The molecule has 1 fully saturated rings. The van der Waals surface area contributed by atoms with Crippen LogP contribution in [0.3, 0.4) is 0 Å². The largest absolute Gasteiger partial charge is 0.351 e. The van der Waals surface area contributed by atoms with Crippen LogP contribution in [0.5, 0.6) is 0 Å². The van der Waals surface area contributed by atoms with Gasteiger partial charge < -0.3 is 10.2 Å². The lowest BCUT2D eigenvalue weighted by molar-refractivity contribution is -0.120. The number of hydrogen-bond donors (Lipinski definition) is 1. The van der Waals surface area contributed by atoms with E-state index in [9.17, 15) is 9.59 Å². The normalized spacial score (nSPS) is 15.7. The molecular formula is C28H29N5O2S. The van der Waals surface area contributed by atoms with Crippen LogP contribution >= 0.6 is 11.8 Å². The molecule has 0 saturated carbocycles. The number of hydrogen-bond acceptors (Lipinski definition) is 6. The first kappa shape index (κ1) is 24.1. The minimum Gasteiger partial charge on any atom is -0.351 e. The monoisotopic (exact) mass is 499 g/mol. The number of thioether (sulfide) groups is 1. The number of anilines is 2. The number of aromatic nitrogens is 3. The molecule has 0 unspecified atom stereocenters. The lowest BCUT2D eigenvalue weighted by atomic mass is 9.97. The van der Waals surface area contributed by atoms with Crippen LogP contribution < -0.4 is 15.8 Å². The first-order chi connectivity index (χ1) is 17.5. The zero-order chi connectivity index (χ0) is 25.1. The number of piperidine rings is 1. The van der Waals surface area contributed by atoms with Crippen LogP contribution in [0.15, 0.2) is 76.6 Å². The van der Waals surface area contributed by atoms with E-state index in [2.05, 4.69) is 10.3 Å². The molecule has 1 atom stereocenters. The second-order valence-electron chi connectivity index (χ2n) is 9.16. The third-order valence-corrected chi connectivity index (χ3v) is 7.30. The maximum absolute atomic E-state index is 13.7. The molecule has 1 aliphatic heterocycles. The number of fused-ring (bicyclic) bond motifs is 1. The number of amides is 1. The van der Waals surface area contributed by atoms with Crippen molar-refractivity contribution in [3.8, 4) is 0 Å². The standard InChI is InChI=1S/C28H29N5O2S/c1-19-10-12-20(13-11-19)17-33-25-24(9-4-14-29-25)31-26(28(33)35)32-15-5-6-21(18-32)27(34)30-22-7-3-8-23(16-22)36-2/h3-4,7-14,16,21H,5-6,15,17-18H2,1-2H3,(H,30,34)/t21-/m1/s1. The van der Waals surface area contributed by atoms with E-state index in [1.54, 1.807) is 22.5 Å². The number of pyridine rings is 1. The van der Waals surface area contributed by atoms with Gasteiger partial charge in [0.2, 0.25) is 5.91 Å². The van der Waals surface area contributed by atoms with E-state index in [0.717, 1.165) is 29.0 Å². The van der Waals surface area contributed by atoms with Gasteiger partial charge in [-0.3, -0.25) is 14.2 Å². The van der Waals surface area contributed by atoms with Crippen molar-refractivity contribution in [1.82, 2.24) is 14.5 Å².